The van der Waals surface area contributed by atoms with Crippen molar-refractivity contribution < 1.29 is 14.3 Å². The first kappa shape index (κ1) is 19.6. The maximum Gasteiger partial charge on any atom is 0.357 e. The molecule has 1 rings (SSSR count). The zero-order valence-electron chi connectivity index (χ0n) is 15.0. The second-order valence-corrected chi connectivity index (χ2v) is 8.30. The van der Waals surface area contributed by atoms with E-state index in [-0.39, 0.29) is 11.3 Å². The maximum atomic E-state index is 12.6. The molecule has 1 aromatic heterocycles. The van der Waals surface area contributed by atoms with Gasteiger partial charge in [-0.2, -0.15) is 0 Å². The van der Waals surface area contributed by atoms with Crippen LogP contribution in [0.1, 0.15) is 63.0 Å². The molecule has 0 unspecified atom stereocenters. The molecular formula is C17H28N2O3S. The van der Waals surface area contributed by atoms with Gasteiger partial charge in [0.25, 0.3) is 0 Å². The number of aromatic nitrogens is 1. The van der Waals surface area contributed by atoms with Crippen molar-refractivity contribution in [1.29, 1.82) is 0 Å². The van der Waals surface area contributed by atoms with E-state index in [0.29, 0.717) is 31.1 Å². The average Bonchev–Trinajstić information content (AvgIpc) is 2.88. The van der Waals surface area contributed by atoms with Crippen molar-refractivity contribution in [3.8, 4) is 0 Å². The summed E-state index contributed by atoms with van der Waals surface area (Å²) in [6.07, 6.45) is 1.45. The summed E-state index contributed by atoms with van der Waals surface area (Å²) in [7, 11) is 1.34. The second kappa shape index (κ2) is 8.43. The Bertz CT molecular complexity index is 532. The molecule has 0 atom stereocenters. The van der Waals surface area contributed by atoms with Crippen LogP contribution in [0, 0.1) is 11.3 Å². The number of esters is 1. The number of amides is 1. The van der Waals surface area contributed by atoms with Crippen molar-refractivity contribution >= 4 is 23.2 Å². The van der Waals surface area contributed by atoms with Crippen LogP contribution in [-0.2, 0) is 16.1 Å². The Morgan fingerprint density at radius 1 is 1.35 bits per heavy atom. The maximum absolute atomic E-state index is 12.6. The molecule has 1 aromatic rings. The number of nitrogens with zero attached hydrogens (tertiary/aromatic N) is 2. The molecule has 1 heterocycles. The Labute approximate surface area is 143 Å². The largest absolute Gasteiger partial charge is 0.464 e. The first-order valence-electron chi connectivity index (χ1n) is 7.93. The number of hydrogen-bond acceptors (Lipinski definition) is 5. The molecule has 0 aromatic carbocycles. The summed E-state index contributed by atoms with van der Waals surface area (Å²) in [5, 5.41) is 2.44. The van der Waals surface area contributed by atoms with Crippen LogP contribution in [0.25, 0.3) is 0 Å². The highest BCUT2D eigenvalue weighted by molar-refractivity contribution is 7.09. The molecule has 23 heavy (non-hydrogen) atoms. The van der Waals surface area contributed by atoms with Crippen molar-refractivity contribution in [1.82, 2.24) is 9.88 Å². The zero-order chi connectivity index (χ0) is 17.6. The van der Waals surface area contributed by atoms with Gasteiger partial charge in [0.1, 0.15) is 5.01 Å². The van der Waals surface area contributed by atoms with E-state index in [2.05, 4.69) is 44.3 Å². The topological polar surface area (TPSA) is 59.5 Å². The fraction of sp³-hybridized carbons (Fsp3) is 0.706. The van der Waals surface area contributed by atoms with Gasteiger partial charge in [-0.3, -0.25) is 4.79 Å². The van der Waals surface area contributed by atoms with Crippen molar-refractivity contribution in [3.05, 3.63) is 16.1 Å². The van der Waals surface area contributed by atoms with Crippen LogP contribution in [0.3, 0.4) is 0 Å². The highest BCUT2D eigenvalue weighted by Gasteiger charge is 2.22. The first-order valence-corrected chi connectivity index (χ1v) is 8.81. The van der Waals surface area contributed by atoms with Gasteiger partial charge >= 0.3 is 5.97 Å². The normalized spacial score (nSPS) is 11.6. The van der Waals surface area contributed by atoms with Crippen LogP contribution in [0.5, 0.6) is 0 Å². The minimum Gasteiger partial charge on any atom is -0.464 e. The Morgan fingerprint density at radius 3 is 2.52 bits per heavy atom. The molecule has 0 saturated carbocycles. The second-order valence-electron chi connectivity index (χ2n) is 7.35. The van der Waals surface area contributed by atoms with Crippen molar-refractivity contribution in [2.45, 2.75) is 54.0 Å². The molecule has 0 aliphatic carbocycles. The smallest absolute Gasteiger partial charge is 0.357 e. The van der Waals surface area contributed by atoms with Gasteiger partial charge in [0.2, 0.25) is 5.91 Å². The summed E-state index contributed by atoms with van der Waals surface area (Å²) in [5.41, 5.74) is 0.257. The Balaban J connectivity index is 2.81. The number of carbonyl (C=O) groups excluding carboxylic acids is 2. The van der Waals surface area contributed by atoms with E-state index in [0.717, 1.165) is 11.4 Å². The molecule has 0 aliphatic heterocycles. The SMILES string of the molecule is COC(=O)c1csc(CN(CCC(C)C)C(=O)CC(C)(C)C)n1. The Morgan fingerprint density at radius 2 is 2.00 bits per heavy atom. The monoisotopic (exact) mass is 340 g/mol. The van der Waals surface area contributed by atoms with Gasteiger partial charge < -0.3 is 9.64 Å². The van der Waals surface area contributed by atoms with Crippen LogP contribution in [0.15, 0.2) is 5.38 Å². The zero-order valence-corrected chi connectivity index (χ0v) is 15.8. The number of rotatable bonds is 7. The van der Waals surface area contributed by atoms with Gasteiger partial charge in [0.15, 0.2) is 5.69 Å². The molecule has 0 saturated heterocycles. The van der Waals surface area contributed by atoms with E-state index in [1.165, 1.54) is 18.4 Å². The molecule has 0 radical (unpaired) electrons. The summed E-state index contributed by atoms with van der Waals surface area (Å²) in [6, 6.07) is 0. The van der Waals surface area contributed by atoms with E-state index in [9.17, 15) is 9.59 Å². The van der Waals surface area contributed by atoms with E-state index in [1.807, 2.05) is 4.90 Å². The number of methoxy groups -OCH3 is 1. The van der Waals surface area contributed by atoms with Gasteiger partial charge in [-0.05, 0) is 17.8 Å². The minimum absolute atomic E-state index is 0.0484. The molecule has 6 heteroatoms. The lowest BCUT2D eigenvalue weighted by Crippen LogP contribution is -2.34. The van der Waals surface area contributed by atoms with Gasteiger partial charge in [-0.15, -0.1) is 11.3 Å². The predicted octanol–water partition coefficient (Wildman–Crippen LogP) is 3.74. The van der Waals surface area contributed by atoms with Gasteiger partial charge in [-0.25, -0.2) is 9.78 Å². The fourth-order valence-corrected chi connectivity index (χ4v) is 2.79. The highest BCUT2D eigenvalue weighted by atomic mass is 32.1. The third kappa shape index (κ3) is 7.12. The van der Waals surface area contributed by atoms with E-state index in [1.54, 1.807) is 5.38 Å². The van der Waals surface area contributed by atoms with Crippen molar-refractivity contribution in [3.63, 3.8) is 0 Å². The Kier molecular flexibility index (Phi) is 7.19. The van der Waals surface area contributed by atoms with Crippen LogP contribution in [-0.4, -0.2) is 35.4 Å². The number of hydrogen-bond donors (Lipinski definition) is 0. The third-order valence-electron chi connectivity index (χ3n) is 3.28. The molecule has 1 amide bonds. The van der Waals surface area contributed by atoms with Crippen molar-refractivity contribution in [2.24, 2.45) is 11.3 Å². The summed E-state index contributed by atoms with van der Waals surface area (Å²) < 4.78 is 4.67. The van der Waals surface area contributed by atoms with Crippen LogP contribution >= 0.6 is 11.3 Å². The summed E-state index contributed by atoms with van der Waals surface area (Å²) in [4.78, 5) is 30.2. The lowest BCUT2D eigenvalue weighted by atomic mass is 9.91. The molecule has 130 valence electrons. The average molecular weight is 340 g/mol. The summed E-state index contributed by atoms with van der Waals surface area (Å²) in [5.74, 6) is 0.220. The van der Waals surface area contributed by atoms with Gasteiger partial charge in [0.05, 0.1) is 13.7 Å². The molecule has 0 aliphatic rings. The van der Waals surface area contributed by atoms with Gasteiger partial charge in [-0.1, -0.05) is 34.6 Å². The van der Waals surface area contributed by atoms with Crippen LogP contribution in [0.2, 0.25) is 0 Å². The van der Waals surface area contributed by atoms with Crippen LogP contribution < -0.4 is 0 Å². The molecule has 0 fully saturated rings. The molecule has 0 spiro atoms. The number of carbonyl (C=O) groups is 2. The molecule has 0 bridgehead atoms. The van der Waals surface area contributed by atoms with Crippen molar-refractivity contribution in [2.75, 3.05) is 13.7 Å². The predicted molar refractivity (Wildman–Crippen MR) is 92.4 cm³/mol. The quantitative estimate of drug-likeness (QED) is 0.710. The lowest BCUT2D eigenvalue weighted by molar-refractivity contribution is -0.133. The van der Waals surface area contributed by atoms with Gasteiger partial charge in [0, 0.05) is 18.3 Å². The van der Waals surface area contributed by atoms with Crippen LogP contribution in [0.4, 0.5) is 0 Å². The summed E-state index contributed by atoms with van der Waals surface area (Å²) in [6.45, 7) is 11.6. The molecule has 0 N–H and O–H groups in total. The summed E-state index contributed by atoms with van der Waals surface area (Å²) >= 11 is 1.39. The first-order chi connectivity index (χ1) is 10.6. The highest BCUT2D eigenvalue weighted by Crippen LogP contribution is 2.22. The minimum atomic E-state index is -0.442. The molecule has 5 nitrogen and oxygen atoms in total. The van der Waals surface area contributed by atoms with E-state index >= 15 is 0 Å². The Hall–Kier alpha value is -1.43. The number of thiazole rings is 1. The van der Waals surface area contributed by atoms with E-state index < -0.39 is 5.97 Å². The standard InChI is InChI=1S/C17H28N2O3S/c1-12(2)7-8-19(15(20)9-17(3,4)5)10-14-18-13(11-23-14)16(21)22-6/h11-12H,7-10H2,1-6H3. The number of ether oxygens (including phenoxy) is 1. The fourth-order valence-electron chi connectivity index (χ4n) is 2.02. The lowest BCUT2D eigenvalue weighted by Gasteiger charge is -2.26. The third-order valence-corrected chi connectivity index (χ3v) is 4.12. The molecular weight excluding hydrogens is 312 g/mol. The van der Waals surface area contributed by atoms with E-state index in [4.69, 9.17) is 0 Å².